The van der Waals surface area contributed by atoms with Crippen molar-refractivity contribution in [3.63, 3.8) is 0 Å². The predicted octanol–water partition coefficient (Wildman–Crippen LogP) is 3.07. The van der Waals surface area contributed by atoms with Gasteiger partial charge in [0.15, 0.2) is 0 Å². The normalized spacial score (nSPS) is 12.8. The largest absolute Gasteiger partial charge is 0.489 e. The van der Waals surface area contributed by atoms with Crippen LogP contribution in [-0.4, -0.2) is 42.4 Å². The highest BCUT2D eigenvalue weighted by atomic mass is 35.5. The first kappa shape index (κ1) is 15.6. The Kier molecular flexibility index (Phi) is 6.79. The third kappa shape index (κ3) is 5.02. The van der Waals surface area contributed by atoms with E-state index >= 15 is 0 Å². The van der Waals surface area contributed by atoms with Crippen molar-refractivity contribution in [2.75, 3.05) is 26.2 Å². The van der Waals surface area contributed by atoms with Gasteiger partial charge in [-0.2, -0.15) is 0 Å². The molecule has 0 amide bonds. The third-order valence-electron chi connectivity index (χ3n) is 2.69. The number of aliphatic hydroxyl groups is 1. The second kappa shape index (κ2) is 7.85. The minimum absolute atomic E-state index is 0.205. The molecule has 0 aliphatic rings. The molecule has 0 spiro atoms. The van der Waals surface area contributed by atoms with Gasteiger partial charge in [0, 0.05) is 17.6 Å². The Labute approximate surface area is 118 Å². The number of hydrogen-bond acceptors (Lipinski definition) is 3. The van der Waals surface area contributed by atoms with E-state index in [1.165, 1.54) is 0 Å². The molecule has 0 aromatic heterocycles. The average molecular weight is 292 g/mol. The summed E-state index contributed by atoms with van der Waals surface area (Å²) in [6.45, 7) is 6.73. The monoisotopic (exact) mass is 291 g/mol. The van der Waals surface area contributed by atoms with E-state index in [2.05, 4.69) is 18.7 Å². The molecule has 0 aliphatic heterocycles. The van der Waals surface area contributed by atoms with Crippen molar-refractivity contribution in [1.29, 1.82) is 0 Å². The molecule has 3 nitrogen and oxygen atoms in total. The van der Waals surface area contributed by atoms with Crippen LogP contribution in [0, 0.1) is 0 Å². The number of halogens is 2. The molecule has 0 bridgehead atoms. The van der Waals surface area contributed by atoms with Gasteiger partial charge in [-0.3, -0.25) is 0 Å². The molecule has 1 aromatic carbocycles. The maximum atomic E-state index is 9.86. The maximum absolute atomic E-state index is 9.86. The summed E-state index contributed by atoms with van der Waals surface area (Å²) in [6.07, 6.45) is -0.542. The quantitative estimate of drug-likeness (QED) is 0.838. The molecule has 0 heterocycles. The van der Waals surface area contributed by atoms with Gasteiger partial charge >= 0.3 is 0 Å². The van der Waals surface area contributed by atoms with E-state index in [1.54, 1.807) is 18.2 Å². The summed E-state index contributed by atoms with van der Waals surface area (Å²) < 4.78 is 5.48. The average Bonchev–Trinajstić information content (AvgIpc) is 2.37. The highest BCUT2D eigenvalue weighted by Gasteiger charge is 2.11. The van der Waals surface area contributed by atoms with Gasteiger partial charge in [-0.25, -0.2) is 0 Å². The number of nitrogens with zero attached hydrogens (tertiary/aromatic N) is 1. The van der Waals surface area contributed by atoms with Gasteiger partial charge in [0.05, 0.1) is 5.02 Å². The van der Waals surface area contributed by atoms with E-state index in [0.717, 1.165) is 13.1 Å². The number of likely N-dealkylation sites (N-methyl/N-ethyl adjacent to an activating group) is 1. The van der Waals surface area contributed by atoms with Gasteiger partial charge < -0.3 is 14.7 Å². The number of aliphatic hydroxyl groups excluding tert-OH is 1. The Hall–Kier alpha value is -0.480. The number of ether oxygens (including phenoxy) is 1. The minimum Gasteiger partial charge on any atom is -0.489 e. The maximum Gasteiger partial charge on any atom is 0.139 e. The van der Waals surface area contributed by atoms with Crippen molar-refractivity contribution in [3.8, 4) is 5.75 Å². The topological polar surface area (TPSA) is 32.7 Å². The zero-order valence-electron chi connectivity index (χ0n) is 10.7. The van der Waals surface area contributed by atoms with Crippen LogP contribution >= 0.6 is 23.2 Å². The van der Waals surface area contributed by atoms with Crippen LogP contribution < -0.4 is 4.74 Å². The second-order valence-electron chi connectivity index (χ2n) is 4.03. The fourth-order valence-electron chi connectivity index (χ4n) is 1.61. The van der Waals surface area contributed by atoms with Gasteiger partial charge in [-0.1, -0.05) is 37.0 Å². The summed E-state index contributed by atoms with van der Waals surface area (Å²) in [5.41, 5.74) is 0. The summed E-state index contributed by atoms with van der Waals surface area (Å²) in [6, 6.07) is 5.02. The van der Waals surface area contributed by atoms with Crippen LogP contribution in [0.5, 0.6) is 5.75 Å². The summed E-state index contributed by atoms with van der Waals surface area (Å²) in [4.78, 5) is 2.13. The molecule has 5 heteroatoms. The van der Waals surface area contributed by atoms with E-state index in [1.807, 2.05) is 0 Å². The molecule has 0 fully saturated rings. The van der Waals surface area contributed by atoms with Gasteiger partial charge in [0.25, 0.3) is 0 Å². The number of rotatable bonds is 7. The molecule has 0 saturated carbocycles. The van der Waals surface area contributed by atoms with E-state index in [4.69, 9.17) is 27.9 Å². The lowest BCUT2D eigenvalue weighted by atomic mass is 10.3. The van der Waals surface area contributed by atoms with Crippen molar-refractivity contribution in [2.24, 2.45) is 0 Å². The van der Waals surface area contributed by atoms with Crippen LogP contribution in [-0.2, 0) is 0 Å². The third-order valence-corrected chi connectivity index (χ3v) is 3.24. The molecule has 18 heavy (non-hydrogen) atoms. The number of hydrogen-bond donors (Lipinski definition) is 1. The Morgan fingerprint density at radius 3 is 2.56 bits per heavy atom. The molecule has 1 unspecified atom stereocenters. The standard InChI is InChI=1S/C13H19Cl2NO2/c1-3-16(4-2)8-11(17)9-18-13-7-10(14)5-6-12(13)15/h5-7,11,17H,3-4,8-9H2,1-2H3. The molecule has 1 N–H and O–H groups in total. The van der Waals surface area contributed by atoms with Crippen molar-refractivity contribution >= 4 is 23.2 Å². The summed E-state index contributed by atoms with van der Waals surface area (Å²) >= 11 is 11.8. The lowest BCUT2D eigenvalue weighted by molar-refractivity contribution is 0.0717. The molecule has 1 aromatic rings. The van der Waals surface area contributed by atoms with Crippen LogP contribution in [0.25, 0.3) is 0 Å². The Morgan fingerprint density at radius 1 is 1.28 bits per heavy atom. The molecule has 1 rings (SSSR count). The predicted molar refractivity (Wildman–Crippen MR) is 75.8 cm³/mol. The number of benzene rings is 1. The van der Waals surface area contributed by atoms with Crippen LogP contribution in [0.15, 0.2) is 18.2 Å². The first-order valence-corrected chi connectivity index (χ1v) is 6.80. The minimum atomic E-state index is -0.542. The van der Waals surface area contributed by atoms with Gasteiger partial charge in [-0.15, -0.1) is 0 Å². The molecule has 0 saturated heterocycles. The highest BCUT2D eigenvalue weighted by Crippen LogP contribution is 2.27. The molecule has 102 valence electrons. The molecular formula is C13H19Cl2NO2. The fraction of sp³-hybridized carbons (Fsp3) is 0.538. The van der Waals surface area contributed by atoms with Gasteiger partial charge in [0.1, 0.15) is 18.5 Å². The second-order valence-corrected chi connectivity index (χ2v) is 4.87. The molecular weight excluding hydrogens is 273 g/mol. The Bertz CT molecular complexity index is 370. The van der Waals surface area contributed by atoms with Crippen molar-refractivity contribution in [1.82, 2.24) is 4.90 Å². The zero-order valence-corrected chi connectivity index (χ0v) is 12.2. The first-order valence-electron chi connectivity index (χ1n) is 6.05. The highest BCUT2D eigenvalue weighted by molar-refractivity contribution is 6.34. The summed E-state index contributed by atoms with van der Waals surface area (Å²) in [5.74, 6) is 0.503. The Balaban J connectivity index is 2.46. The van der Waals surface area contributed by atoms with Gasteiger partial charge in [0.2, 0.25) is 0 Å². The lowest BCUT2D eigenvalue weighted by Crippen LogP contribution is -2.35. The van der Waals surface area contributed by atoms with Crippen LogP contribution in [0.1, 0.15) is 13.8 Å². The van der Waals surface area contributed by atoms with E-state index in [-0.39, 0.29) is 6.61 Å². The van der Waals surface area contributed by atoms with Crippen LogP contribution in [0.2, 0.25) is 10.0 Å². The van der Waals surface area contributed by atoms with E-state index < -0.39 is 6.10 Å². The fourth-order valence-corrected chi connectivity index (χ4v) is 1.94. The van der Waals surface area contributed by atoms with E-state index in [0.29, 0.717) is 22.3 Å². The summed E-state index contributed by atoms with van der Waals surface area (Å²) in [5, 5.41) is 10.9. The molecule has 0 radical (unpaired) electrons. The van der Waals surface area contributed by atoms with Crippen molar-refractivity contribution < 1.29 is 9.84 Å². The smallest absolute Gasteiger partial charge is 0.139 e. The molecule has 1 atom stereocenters. The van der Waals surface area contributed by atoms with Gasteiger partial charge in [-0.05, 0) is 25.2 Å². The first-order chi connectivity index (χ1) is 8.56. The van der Waals surface area contributed by atoms with Crippen molar-refractivity contribution in [2.45, 2.75) is 20.0 Å². The Morgan fingerprint density at radius 2 is 1.94 bits per heavy atom. The lowest BCUT2D eigenvalue weighted by Gasteiger charge is -2.22. The SMILES string of the molecule is CCN(CC)CC(O)COc1cc(Cl)ccc1Cl. The van der Waals surface area contributed by atoms with E-state index in [9.17, 15) is 5.11 Å². The van der Waals surface area contributed by atoms with Crippen molar-refractivity contribution in [3.05, 3.63) is 28.2 Å². The zero-order chi connectivity index (χ0) is 13.5. The summed E-state index contributed by atoms with van der Waals surface area (Å²) in [7, 11) is 0. The van der Waals surface area contributed by atoms with Crippen LogP contribution in [0.4, 0.5) is 0 Å². The van der Waals surface area contributed by atoms with Crippen LogP contribution in [0.3, 0.4) is 0 Å². The molecule has 0 aliphatic carbocycles.